The van der Waals surface area contributed by atoms with E-state index in [0.29, 0.717) is 5.69 Å². The lowest BCUT2D eigenvalue weighted by atomic mass is 10.1. The van der Waals surface area contributed by atoms with Gasteiger partial charge in [0.15, 0.2) is 0 Å². The molecule has 16 heavy (non-hydrogen) atoms. The monoisotopic (exact) mass is 215 g/mol. The summed E-state index contributed by atoms with van der Waals surface area (Å²) >= 11 is 0. The number of rotatable bonds is 1. The number of aryl methyl sites for hydroxylation is 3. The van der Waals surface area contributed by atoms with Crippen LogP contribution in [-0.4, -0.2) is 15.0 Å². The van der Waals surface area contributed by atoms with Gasteiger partial charge in [-0.2, -0.15) is 0 Å². The van der Waals surface area contributed by atoms with Gasteiger partial charge < -0.3 is 4.98 Å². The van der Waals surface area contributed by atoms with E-state index in [9.17, 15) is 4.79 Å². The van der Waals surface area contributed by atoms with Gasteiger partial charge in [0, 0.05) is 23.7 Å². The Bertz CT molecular complexity index is 587. The lowest BCUT2D eigenvalue weighted by Crippen LogP contribution is -2.14. The van der Waals surface area contributed by atoms with Gasteiger partial charge in [0.1, 0.15) is 5.69 Å². The second-order valence-corrected chi connectivity index (χ2v) is 3.88. The van der Waals surface area contributed by atoms with Crippen molar-refractivity contribution in [3.05, 3.63) is 45.8 Å². The first-order chi connectivity index (χ1) is 7.58. The fourth-order valence-electron chi connectivity index (χ4n) is 1.50. The number of nitrogens with one attached hydrogen (secondary N) is 1. The number of nitrogens with zero attached hydrogens (tertiary/aromatic N) is 2. The zero-order valence-corrected chi connectivity index (χ0v) is 9.53. The van der Waals surface area contributed by atoms with Crippen molar-refractivity contribution < 1.29 is 0 Å². The number of H-pyrrole nitrogens is 1. The van der Waals surface area contributed by atoms with Gasteiger partial charge in [0.05, 0.1) is 5.69 Å². The van der Waals surface area contributed by atoms with Crippen LogP contribution in [0, 0.1) is 20.8 Å². The van der Waals surface area contributed by atoms with E-state index >= 15 is 0 Å². The molecular weight excluding hydrogens is 202 g/mol. The molecule has 0 aliphatic carbocycles. The van der Waals surface area contributed by atoms with Gasteiger partial charge in [-0.25, -0.2) is 4.98 Å². The molecule has 2 rings (SSSR count). The molecule has 0 saturated heterocycles. The largest absolute Gasteiger partial charge is 0.323 e. The molecule has 0 radical (unpaired) electrons. The molecule has 0 aliphatic heterocycles. The molecule has 0 fully saturated rings. The number of aromatic amines is 1. The third-order valence-electron chi connectivity index (χ3n) is 2.49. The van der Waals surface area contributed by atoms with Crippen molar-refractivity contribution >= 4 is 0 Å². The third kappa shape index (κ3) is 1.86. The molecule has 0 spiro atoms. The fourth-order valence-corrected chi connectivity index (χ4v) is 1.50. The van der Waals surface area contributed by atoms with Gasteiger partial charge in [0.25, 0.3) is 5.56 Å². The molecule has 0 saturated carbocycles. The Balaban J connectivity index is 2.65. The molecular formula is C12H13N3O. The first-order valence-electron chi connectivity index (χ1n) is 5.07. The van der Waals surface area contributed by atoms with Gasteiger partial charge in [0.2, 0.25) is 0 Å². The van der Waals surface area contributed by atoms with Crippen LogP contribution in [-0.2, 0) is 0 Å². The molecule has 0 aromatic carbocycles. The smallest absolute Gasteiger partial charge is 0.274 e. The first kappa shape index (κ1) is 10.5. The van der Waals surface area contributed by atoms with Crippen LogP contribution in [0.25, 0.3) is 11.3 Å². The van der Waals surface area contributed by atoms with Crippen LogP contribution in [0.3, 0.4) is 0 Å². The quantitative estimate of drug-likeness (QED) is 0.788. The van der Waals surface area contributed by atoms with Crippen LogP contribution >= 0.6 is 0 Å². The Morgan fingerprint density at radius 3 is 2.62 bits per heavy atom. The minimum atomic E-state index is -0.171. The molecule has 2 aromatic rings. The van der Waals surface area contributed by atoms with E-state index in [1.165, 1.54) is 0 Å². The number of hydrogen-bond donors (Lipinski definition) is 1. The van der Waals surface area contributed by atoms with Crippen molar-refractivity contribution in [2.45, 2.75) is 20.8 Å². The highest BCUT2D eigenvalue weighted by atomic mass is 16.1. The summed E-state index contributed by atoms with van der Waals surface area (Å²) in [5.41, 5.74) is 3.65. The van der Waals surface area contributed by atoms with Crippen LogP contribution in [0.5, 0.6) is 0 Å². The molecule has 0 bridgehead atoms. The van der Waals surface area contributed by atoms with Crippen LogP contribution < -0.4 is 5.56 Å². The highest BCUT2D eigenvalue weighted by Gasteiger charge is 2.07. The standard InChI is InChI=1S/C12H13N3O/c1-7-4-10(6-13-5-7)11-12(16)15-9(3)8(2)14-11/h4-6H,1-3H3,(H,15,16). The van der Waals surface area contributed by atoms with Crippen LogP contribution in [0.4, 0.5) is 0 Å². The average Bonchev–Trinajstić information content (AvgIpc) is 2.23. The van der Waals surface area contributed by atoms with E-state index < -0.39 is 0 Å². The Morgan fingerprint density at radius 2 is 1.94 bits per heavy atom. The average molecular weight is 215 g/mol. The van der Waals surface area contributed by atoms with Gasteiger partial charge in [-0.3, -0.25) is 9.78 Å². The third-order valence-corrected chi connectivity index (χ3v) is 2.49. The van der Waals surface area contributed by atoms with Crippen molar-refractivity contribution in [3.63, 3.8) is 0 Å². The maximum absolute atomic E-state index is 11.8. The summed E-state index contributed by atoms with van der Waals surface area (Å²) in [6.45, 7) is 5.64. The van der Waals surface area contributed by atoms with Gasteiger partial charge >= 0.3 is 0 Å². The summed E-state index contributed by atoms with van der Waals surface area (Å²) in [4.78, 5) is 22.9. The highest BCUT2D eigenvalue weighted by molar-refractivity contribution is 5.57. The second-order valence-electron chi connectivity index (χ2n) is 3.88. The Labute approximate surface area is 93.4 Å². The summed E-state index contributed by atoms with van der Waals surface area (Å²) in [6.07, 6.45) is 3.40. The second kappa shape index (κ2) is 3.89. The van der Waals surface area contributed by atoms with E-state index in [2.05, 4.69) is 15.0 Å². The van der Waals surface area contributed by atoms with Gasteiger partial charge in [-0.1, -0.05) is 0 Å². The minimum Gasteiger partial charge on any atom is -0.323 e. The van der Waals surface area contributed by atoms with Crippen molar-refractivity contribution in [2.75, 3.05) is 0 Å². The molecule has 82 valence electrons. The summed E-state index contributed by atoms with van der Waals surface area (Å²) in [5, 5.41) is 0. The molecule has 1 N–H and O–H groups in total. The molecule has 2 heterocycles. The predicted octanol–water partition coefficient (Wildman–Crippen LogP) is 1.76. The van der Waals surface area contributed by atoms with Gasteiger partial charge in [-0.15, -0.1) is 0 Å². The molecule has 0 unspecified atom stereocenters. The molecule has 2 aromatic heterocycles. The van der Waals surface area contributed by atoms with Crippen molar-refractivity contribution in [1.29, 1.82) is 0 Å². The Morgan fingerprint density at radius 1 is 1.19 bits per heavy atom. The summed E-state index contributed by atoms with van der Waals surface area (Å²) < 4.78 is 0. The SMILES string of the molecule is Cc1cncc(-c2nc(C)c(C)[nH]c2=O)c1. The topological polar surface area (TPSA) is 58.6 Å². The first-order valence-corrected chi connectivity index (χ1v) is 5.07. The zero-order chi connectivity index (χ0) is 11.7. The number of aromatic nitrogens is 3. The van der Waals surface area contributed by atoms with E-state index in [0.717, 1.165) is 22.5 Å². The van der Waals surface area contributed by atoms with Crippen LogP contribution in [0.15, 0.2) is 23.3 Å². The van der Waals surface area contributed by atoms with Gasteiger partial charge in [-0.05, 0) is 32.4 Å². The number of pyridine rings is 1. The normalized spacial score (nSPS) is 10.4. The molecule has 0 amide bonds. The molecule has 0 aliphatic rings. The van der Waals surface area contributed by atoms with E-state index in [1.807, 2.05) is 26.8 Å². The lowest BCUT2D eigenvalue weighted by molar-refractivity contribution is 1.01. The van der Waals surface area contributed by atoms with E-state index in [4.69, 9.17) is 0 Å². The van der Waals surface area contributed by atoms with Crippen LogP contribution in [0.2, 0.25) is 0 Å². The lowest BCUT2D eigenvalue weighted by Gasteiger charge is -2.04. The summed E-state index contributed by atoms with van der Waals surface area (Å²) in [7, 11) is 0. The van der Waals surface area contributed by atoms with E-state index in [1.54, 1.807) is 12.4 Å². The molecule has 4 nitrogen and oxygen atoms in total. The zero-order valence-electron chi connectivity index (χ0n) is 9.53. The molecule has 4 heteroatoms. The van der Waals surface area contributed by atoms with Crippen molar-refractivity contribution in [1.82, 2.24) is 15.0 Å². The van der Waals surface area contributed by atoms with Crippen LogP contribution in [0.1, 0.15) is 17.0 Å². The van der Waals surface area contributed by atoms with Crippen molar-refractivity contribution in [2.24, 2.45) is 0 Å². The predicted molar refractivity (Wildman–Crippen MR) is 62.3 cm³/mol. The molecule has 0 atom stereocenters. The van der Waals surface area contributed by atoms with Crippen molar-refractivity contribution in [3.8, 4) is 11.3 Å². The maximum Gasteiger partial charge on any atom is 0.274 e. The summed E-state index contributed by atoms with van der Waals surface area (Å²) in [6, 6.07) is 1.90. The minimum absolute atomic E-state index is 0.171. The maximum atomic E-state index is 11.8. The highest BCUT2D eigenvalue weighted by Crippen LogP contribution is 2.13. The number of hydrogen-bond acceptors (Lipinski definition) is 3. The Hall–Kier alpha value is -1.97. The summed E-state index contributed by atoms with van der Waals surface area (Å²) in [5.74, 6) is 0. The van der Waals surface area contributed by atoms with E-state index in [-0.39, 0.29) is 5.56 Å². The Kier molecular flexibility index (Phi) is 2.56. The fraction of sp³-hybridized carbons (Fsp3) is 0.250.